The molecule has 0 amide bonds. The molecule has 6 nitrogen and oxygen atoms in total. The molecule has 0 bridgehead atoms. The van der Waals surface area contributed by atoms with Crippen LogP contribution in [0.25, 0.3) is 0 Å². The molecule has 0 spiro atoms. The van der Waals surface area contributed by atoms with E-state index in [1.54, 1.807) is 12.1 Å². The Hall–Kier alpha value is -2.99. The summed E-state index contributed by atoms with van der Waals surface area (Å²) in [4.78, 5) is 24.5. The van der Waals surface area contributed by atoms with Crippen molar-refractivity contribution in [3.8, 4) is 5.75 Å². The van der Waals surface area contributed by atoms with E-state index in [2.05, 4.69) is 10.2 Å². The predicted octanol–water partition coefficient (Wildman–Crippen LogP) is 3.35. The summed E-state index contributed by atoms with van der Waals surface area (Å²) in [5.74, 6) is -1.08. The Kier molecular flexibility index (Phi) is 5.66. The third-order valence-electron chi connectivity index (χ3n) is 4.44. The number of aromatic nitrogens is 2. The Labute approximate surface area is 160 Å². The molecule has 2 aromatic carbocycles. The van der Waals surface area contributed by atoms with Crippen molar-refractivity contribution in [3.05, 3.63) is 86.3 Å². The van der Waals surface area contributed by atoms with E-state index in [4.69, 9.17) is 16.3 Å². The molecule has 27 heavy (non-hydrogen) atoms. The summed E-state index contributed by atoms with van der Waals surface area (Å²) in [6.07, 6.45) is 0.471. The first-order valence-corrected chi connectivity index (χ1v) is 8.76. The number of esters is 1. The first-order chi connectivity index (χ1) is 13.0. The molecule has 0 saturated heterocycles. The number of halogens is 1. The first kappa shape index (κ1) is 18.8. The van der Waals surface area contributed by atoms with Gasteiger partial charge in [-0.1, -0.05) is 48.0 Å². The summed E-state index contributed by atoms with van der Waals surface area (Å²) < 4.78 is 4.81. The molecule has 0 saturated carbocycles. The molecule has 0 aliphatic carbocycles. The minimum atomic E-state index is -0.565. The number of hydrogen-bond acceptors (Lipinski definition) is 4. The van der Waals surface area contributed by atoms with Crippen molar-refractivity contribution in [3.63, 3.8) is 0 Å². The van der Waals surface area contributed by atoms with Crippen LogP contribution in [0.2, 0.25) is 5.02 Å². The lowest BCUT2D eigenvalue weighted by atomic mass is 9.87. The number of phenolic OH excluding ortho intramolecular Hbond substituents is 1. The van der Waals surface area contributed by atoms with Gasteiger partial charge in [-0.25, -0.2) is 0 Å². The molecule has 7 heteroatoms. The normalized spacial score (nSPS) is 11.9. The maximum absolute atomic E-state index is 12.5. The van der Waals surface area contributed by atoms with Crippen LogP contribution in [0, 0.1) is 0 Å². The molecule has 0 fully saturated rings. The Bertz CT molecular complexity index is 995. The zero-order chi connectivity index (χ0) is 19.4. The third kappa shape index (κ3) is 4.23. The topological polar surface area (TPSA) is 95.2 Å². The van der Waals surface area contributed by atoms with Gasteiger partial charge in [-0.05, 0) is 23.3 Å². The number of nitrogens with one attached hydrogen (secondary N) is 2. The Morgan fingerprint density at radius 3 is 2.59 bits per heavy atom. The summed E-state index contributed by atoms with van der Waals surface area (Å²) in [5.41, 5.74) is 2.49. The van der Waals surface area contributed by atoms with E-state index in [1.807, 2.05) is 30.3 Å². The van der Waals surface area contributed by atoms with Crippen LogP contribution in [0.5, 0.6) is 5.75 Å². The minimum Gasteiger partial charge on any atom is -0.506 e. The van der Waals surface area contributed by atoms with Gasteiger partial charge < -0.3 is 14.9 Å². The van der Waals surface area contributed by atoms with Gasteiger partial charge in [0.1, 0.15) is 5.75 Å². The van der Waals surface area contributed by atoms with Gasteiger partial charge in [0.05, 0.1) is 18.6 Å². The number of rotatable bonds is 6. The molecule has 0 radical (unpaired) electrons. The number of phenols is 1. The van der Waals surface area contributed by atoms with E-state index < -0.39 is 11.9 Å². The zero-order valence-corrected chi connectivity index (χ0v) is 15.4. The van der Waals surface area contributed by atoms with Crippen molar-refractivity contribution < 1.29 is 14.6 Å². The molecule has 0 aliphatic heterocycles. The van der Waals surface area contributed by atoms with Gasteiger partial charge in [0, 0.05) is 23.6 Å². The van der Waals surface area contributed by atoms with Crippen molar-refractivity contribution in [2.75, 3.05) is 7.11 Å². The maximum Gasteiger partial charge on any atom is 0.306 e. The molecule has 1 heterocycles. The fourth-order valence-corrected chi connectivity index (χ4v) is 3.28. The van der Waals surface area contributed by atoms with Gasteiger partial charge in [0.15, 0.2) is 0 Å². The van der Waals surface area contributed by atoms with Crippen molar-refractivity contribution >= 4 is 17.6 Å². The second-order valence-electron chi connectivity index (χ2n) is 6.18. The van der Waals surface area contributed by atoms with Gasteiger partial charge in [-0.3, -0.25) is 14.7 Å². The predicted molar refractivity (Wildman–Crippen MR) is 102 cm³/mol. The number of hydrogen-bond donors (Lipinski definition) is 3. The van der Waals surface area contributed by atoms with Gasteiger partial charge >= 0.3 is 5.97 Å². The molecule has 0 aliphatic rings. The summed E-state index contributed by atoms with van der Waals surface area (Å²) in [5, 5.41) is 15.4. The number of methoxy groups -OCH3 is 1. The van der Waals surface area contributed by atoms with Crippen LogP contribution < -0.4 is 5.56 Å². The van der Waals surface area contributed by atoms with Gasteiger partial charge in [0.2, 0.25) is 0 Å². The molecule has 140 valence electrons. The largest absolute Gasteiger partial charge is 0.506 e. The molecule has 3 N–H and O–H groups in total. The lowest BCUT2D eigenvalue weighted by Gasteiger charge is -2.17. The van der Waals surface area contributed by atoms with Crippen LogP contribution in [0.3, 0.4) is 0 Å². The van der Waals surface area contributed by atoms with Crippen LogP contribution in [-0.4, -0.2) is 28.4 Å². The number of aromatic amines is 2. The summed E-state index contributed by atoms with van der Waals surface area (Å²) in [6.45, 7) is 0. The summed E-state index contributed by atoms with van der Waals surface area (Å²) in [7, 11) is 1.30. The van der Waals surface area contributed by atoms with E-state index >= 15 is 0 Å². The number of carbonyl (C=O) groups is 1. The molecular weight excluding hydrogens is 368 g/mol. The van der Waals surface area contributed by atoms with Gasteiger partial charge in [-0.2, -0.15) is 0 Å². The maximum atomic E-state index is 12.5. The highest BCUT2D eigenvalue weighted by Gasteiger charge is 2.26. The molecule has 3 aromatic rings. The van der Waals surface area contributed by atoms with Crippen molar-refractivity contribution in [2.24, 2.45) is 0 Å². The van der Waals surface area contributed by atoms with Crippen LogP contribution >= 0.6 is 11.6 Å². The average molecular weight is 387 g/mol. The third-order valence-corrected chi connectivity index (χ3v) is 4.74. The monoisotopic (exact) mass is 386 g/mol. The van der Waals surface area contributed by atoms with Crippen molar-refractivity contribution in [1.82, 2.24) is 10.2 Å². The van der Waals surface area contributed by atoms with Crippen LogP contribution in [0.15, 0.2) is 53.3 Å². The molecule has 1 aromatic heterocycles. The Balaban J connectivity index is 2.06. The Morgan fingerprint density at radius 1 is 1.19 bits per heavy atom. The quantitative estimate of drug-likeness (QED) is 0.566. The van der Waals surface area contributed by atoms with E-state index in [-0.39, 0.29) is 22.8 Å². The van der Waals surface area contributed by atoms with E-state index in [1.165, 1.54) is 13.2 Å². The Morgan fingerprint density at radius 2 is 1.93 bits per heavy atom. The molecule has 3 rings (SSSR count). The average Bonchev–Trinajstić information content (AvgIpc) is 3.02. The van der Waals surface area contributed by atoms with Crippen molar-refractivity contribution in [2.45, 2.75) is 18.8 Å². The van der Waals surface area contributed by atoms with Crippen molar-refractivity contribution in [1.29, 1.82) is 0 Å². The lowest BCUT2D eigenvalue weighted by Crippen LogP contribution is -2.18. The lowest BCUT2D eigenvalue weighted by molar-refractivity contribution is -0.140. The fraction of sp³-hybridized carbons (Fsp3) is 0.200. The van der Waals surface area contributed by atoms with Gasteiger partial charge in [0.25, 0.3) is 5.56 Å². The number of carbonyl (C=O) groups excluding carboxylic acids is 1. The highest BCUT2D eigenvalue weighted by atomic mass is 35.5. The number of benzene rings is 2. The van der Waals surface area contributed by atoms with Crippen LogP contribution in [0.1, 0.15) is 34.7 Å². The molecule has 1 atom stereocenters. The SMILES string of the molecule is COC(=O)C[C@H](c1ccc(O)c(Cl)c1)c1c(Cc2ccccc2)[nH][nH]c1=O. The standard InChI is InChI=1S/C20H19ClN2O4/c1-27-18(25)11-14(13-7-8-17(24)15(21)10-13)19-16(22-23-20(19)26)9-12-5-3-2-4-6-12/h2-8,10,14,24H,9,11H2,1H3,(H2,22,23,26)/t14-/m1/s1. The van der Waals surface area contributed by atoms with E-state index in [0.717, 1.165) is 5.56 Å². The number of H-pyrrole nitrogens is 2. The number of aromatic hydroxyl groups is 1. The fourth-order valence-electron chi connectivity index (χ4n) is 3.09. The second-order valence-corrected chi connectivity index (χ2v) is 6.58. The highest BCUT2D eigenvalue weighted by Crippen LogP contribution is 2.33. The zero-order valence-electron chi connectivity index (χ0n) is 14.7. The van der Waals surface area contributed by atoms with E-state index in [9.17, 15) is 14.7 Å². The number of ether oxygens (including phenoxy) is 1. The highest BCUT2D eigenvalue weighted by molar-refractivity contribution is 6.32. The molecular formula is C20H19ClN2O4. The van der Waals surface area contributed by atoms with E-state index in [0.29, 0.717) is 23.2 Å². The minimum absolute atomic E-state index is 0.0275. The van der Waals surface area contributed by atoms with Crippen LogP contribution in [-0.2, 0) is 16.0 Å². The second kappa shape index (κ2) is 8.14. The molecule has 0 unspecified atom stereocenters. The summed E-state index contributed by atoms with van der Waals surface area (Å²) >= 11 is 6.04. The summed E-state index contributed by atoms with van der Waals surface area (Å²) in [6, 6.07) is 14.3. The van der Waals surface area contributed by atoms with Gasteiger partial charge in [-0.15, -0.1) is 0 Å². The first-order valence-electron chi connectivity index (χ1n) is 8.38. The van der Waals surface area contributed by atoms with Crippen LogP contribution in [0.4, 0.5) is 0 Å². The smallest absolute Gasteiger partial charge is 0.306 e.